The lowest BCUT2D eigenvalue weighted by atomic mass is 10.1. The second kappa shape index (κ2) is 6.34. The molecule has 0 bridgehead atoms. The predicted molar refractivity (Wildman–Crippen MR) is 89.3 cm³/mol. The summed E-state index contributed by atoms with van der Waals surface area (Å²) < 4.78 is 44.4. The van der Waals surface area contributed by atoms with Gasteiger partial charge >= 0.3 is 6.18 Å². The van der Waals surface area contributed by atoms with Crippen molar-refractivity contribution in [3.63, 3.8) is 0 Å². The molecule has 1 aliphatic heterocycles. The molecule has 1 aromatic heterocycles. The lowest BCUT2D eigenvalue weighted by Crippen LogP contribution is -2.22. The summed E-state index contributed by atoms with van der Waals surface area (Å²) in [5, 5.41) is 6.33. The number of carbonyl (C=O) groups is 1. The van der Waals surface area contributed by atoms with Crippen molar-refractivity contribution in [2.24, 2.45) is 0 Å². The van der Waals surface area contributed by atoms with Crippen molar-refractivity contribution in [2.75, 3.05) is 23.3 Å². The quantitative estimate of drug-likeness (QED) is 0.871. The molecule has 0 unspecified atom stereocenters. The summed E-state index contributed by atoms with van der Waals surface area (Å²) in [6.45, 7) is 1.51. The summed E-state index contributed by atoms with van der Waals surface area (Å²) in [6, 6.07) is 5.01. The molecule has 138 valence electrons. The van der Waals surface area contributed by atoms with Gasteiger partial charge in [0.1, 0.15) is 5.76 Å². The van der Waals surface area contributed by atoms with Crippen LogP contribution in [0.15, 0.2) is 28.8 Å². The molecule has 0 radical (unpaired) electrons. The summed E-state index contributed by atoms with van der Waals surface area (Å²) in [5.74, 6) is 0.386. The van der Waals surface area contributed by atoms with Crippen LogP contribution in [-0.2, 0) is 6.18 Å². The SMILES string of the molecule is O=C(Nc1cc(C(F)(F)F)ccc1N1CCCC1)c1cc(C2CC2)on1. The molecule has 26 heavy (non-hydrogen) atoms. The third-order valence-electron chi connectivity index (χ3n) is 4.76. The summed E-state index contributed by atoms with van der Waals surface area (Å²) in [5.41, 5.74) is 0.0173. The smallest absolute Gasteiger partial charge is 0.370 e. The van der Waals surface area contributed by atoms with Crippen LogP contribution < -0.4 is 10.2 Å². The average molecular weight is 365 g/mol. The number of benzene rings is 1. The molecule has 1 N–H and O–H groups in total. The minimum atomic E-state index is -4.48. The number of nitrogens with zero attached hydrogens (tertiary/aromatic N) is 2. The normalized spacial score (nSPS) is 17.6. The Hall–Kier alpha value is -2.51. The van der Waals surface area contributed by atoms with Gasteiger partial charge in [-0.15, -0.1) is 0 Å². The second-order valence-corrected chi connectivity index (χ2v) is 6.77. The van der Waals surface area contributed by atoms with Crippen molar-refractivity contribution in [1.29, 1.82) is 0 Å². The minimum Gasteiger partial charge on any atom is -0.370 e. The fourth-order valence-corrected chi connectivity index (χ4v) is 3.19. The van der Waals surface area contributed by atoms with Crippen LogP contribution in [0, 0.1) is 0 Å². The van der Waals surface area contributed by atoms with Crippen LogP contribution in [0.3, 0.4) is 0 Å². The van der Waals surface area contributed by atoms with Crippen molar-refractivity contribution in [2.45, 2.75) is 37.8 Å². The van der Waals surface area contributed by atoms with Crippen LogP contribution in [0.25, 0.3) is 0 Å². The van der Waals surface area contributed by atoms with E-state index >= 15 is 0 Å². The van der Waals surface area contributed by atoms with Gasteiger partial charge in [0, 0.05) is 25.1 Å². The van der Waals surface area contributed by atoms with Crippen LogP contribution >= 0.6 is 0 Å². The highest BCUT2D eigenvalue weighted by molar-refractivity contribution is 6.04. The second-order valence-electron chi connectivity index (χ2n) is 6.77. The van der Waals surface area contributed by atoms with Crippen molar-refractivity contribution in [3.05, 3.63) is 41.3 Å². The number of nitrogens with one attached hydrogen (secondary N) is 1. The number of anilines is 2. The highest BCUT2D eigenvalue weighted by Crippen LogP contribution is 2.40. The number of halogens is 3. The first kappa shape index (κ1) is 16.9. The molecular weight excluding hydrogens is 347 g/mol. The number of hydrogen-bond donors (Lipinski definition) is 1. The van der Waals surface area contributed by atoms with Gasteiger partial charge in [0.15, 0.2) is 5.69 Å². The number of rotatable bonds is 4. The van der Waals surface area contributed by atoms with Crippen molar-refractivity contribution >= 4 is 17.3 Å². The van der Waals surface area contributed by atoms with E-state index in [4.69, 9.17) is 4.52 Å². The van der Waals surface area contributed by atoms with Gasteiger partial charge in [0.05, 0.1) is 16.9 Å². The van der Waals surface area contributed by atoms with Crippen LogP contribution in [-0.4, -0.2) is 24.2 Å². The molecule has 5 nitrogen and oxygen atoms in total. The van der Waals surface area contributed by atoms with Crippen LogP contribution in [0.1, 0.15) is 53.4 Å². The Kier molecular flexibility index (Phi) is 4.13. The Morgan fingerprint density at radius 2 is 1.92 bits per heavy atom. The molecule has 0 atom stereocenters. The van der Waals surface area contributed by atoms with Gasteiger partial charge in [-0.25, -0.2) is 0 Å². The molecule has 2 aromatic rings. The van der Waals surface area contributed by atoms with Crippen molar-refractivity contribution in [1.82, 2.24) is 5.16 Å². The third-order valence-corrected chi connectivity index (χ3v) is 4.76. The summed E-state index contributed by atoms with van der Waals surface area (Å²) >= 11 is 0. The van der Waals surface area contributed by atoms with E-state index in [9.17, 15) is 18.0 Å². The number of carbonyl (C=O) groups excluding carboxylic acids is 1. The molecule has 2 heterocycles. The van der Waals surface area contributed by atoms with Crippen molar-refractivity contribution < 1.29 is 22.5 Å². The van der Waals surface area contributed by atoms with Gasteiger partial charge in [-0.2, -0.15) is 13.2 Å². The van der Waals surface area contributed by atoms with E-state index in [2.05, 4.69) is 10.5 Å². The summed E-state index contributed by atoms with van der Waals surface area (Å²) in [4.78, 5) is 14.4. The van der Waals surface area contributed by atoms with E-state index in [1.54, 1.807) is 6.07 Å². The van der Waals surface area contributed by atoms with Gasteiger partial charge in [-0.3, -0.25) is 4.79 Å². The average Bonchev–Trinajstić information content (AvgIpc) is 3.11. The fraction of sp³-hybridized carbons (Fsp3) is 0.444. The number of aromatic nitrogens is 1. The van der Waals surface area contributed by atoms with Crippen molar-refractivity contribution in [3.8, 4) is 0 Å². The lowest BCUT2D eigenvalue weighted by Gasteiger charge is -2.22. The van der Waals surface area contributed by atoms with Gasteiger partial charge < -0.3 is 14.7 Å². The number of hydrogen-bond acceptors (Lipinski definition) is 4. The van der Waals surface area contributed by atoms with Gasteiger partial charge in [0.2, 0.25) is 0 Å². The zero-order chi connectivity index (χ0) is 18.3. The molecule has 0 spiro atoms. The first-order valence-corrected chi connectivity index (χ1v) is 8.66. The zero-order valence-electron chi connectivity index (χ0n) is 14.0. The van der Waals surface area contributed by atoms with Crippen LogP contribution in [0.5, 0.6) is 0 Å². The van der Waals surface area contributed by atoms with Crippen LogP contribution in [0.2, 0.25) is 0 Å². The molecule has 2 fully saturated rings. The third kappa shape index (κ3) is 3.40. The number of alkyl halides is 3. The highest BCUT2D eigenvalue weighted by Gasteiger charge is 2.32. The topological polar surface area (TPSA) is 58.4 Å². The molecule has 1 saturated heterocycles. The number of amides is 1. The van der Waals surface area contributed by atoms with E-state index in [1.165, 1.54) is 6.07 Å². The monoisotopic (exact) mass is 365 g/mol. The van der Waals surface area contributed by atoms with E-state index in [0.29, 0.717) is 17.4 Å². The van der Waals surface area contributed by atoms with E-state index in [1.807, 2.05) is 4.90 Å². The van der Waals surface area contributed by atoms with Crippen LogP contribution in [0.4, 0.5) is 24.5 Å². The van der Waals surface area contributed by atoms with Gasteiger partial charge in [-0.05, 0) is 43.9 Å². The van der Waals surface area contributed by atoms with E-state index in [-0.39, 0.29) is 11.4 Å². The molecule has 4 rings (SSSR count). The maximum Gasteiger partial charge on any atom is 0.416 e. The van der Waals surface area contributed by atoms with Gasteiger partial charge in [0.25, 0.3) is 5.91 Å². The zero-order valence-corrected chi connectivity index (χ0v) is 14.0. The fourth-order valence-electron chi connectivity index (χ4n) is 3.19. The molecule has 1 aliphatic carbocycles. The molecule has 2 aliphatic rings. The highest BCUT2D eigenvalue weighted by atomic mass is 19.4. The Morgan fingerprint density at radius 1 is 1.19 bits per heavy atom. The largest absolute Gasteiger partial charge is 0.416 e. The summed E-state index contributed by atoms with van der Waals surface area (Å²) in [7, 11) is 0. The Bertz CT molecular complexity index is 821. The maximum atomic E-state index is 13.1. The lowest BCUT2D eigenvalue weighted by molar-refractivity contribution is -0.137. The molecular formula is C18H18F3N3O2. The molecule has 1 amide bonds. The van der Waals surface area contributed by atoms with E-state index < -0.39 is 17.6 Å². The first-order chi connectivity index (χ1) is 12.4. The minimum absolute atomic E-state index is 0.0803. The molecule has 1 aromatic carbocycles. The Balaban J connectivity index is 1.62. The molecule has 1 saturated carbocycles. The first-order valence-electron chi connectivity index (χ1n) is 8.66. The van der Waals surface area contributed by atoms with E-state index in [0.717, 1.165) is 50.9 Å². The Morgan fingerprint density at radius 3 is 2.58 bits per heavy atom. The van der Waals surface area contributed by atoms with Gasteiger partial charge in [-0.1, -0.05) is 5.16 Å². The maximum absolute atomic E-state index is 13.1. The Labute approximate surface area is 148 Å². The molecule has 8 heteroatoms. The predicted octanol–water partition coefficient (Wildman–Crippen LogP) is 4.42. The summed E-state index contributed by atoms with van der Waals surface area (Å²) in [6.07, 6.45) is -0.521. The standard InChI is InChI=1S/C18H18F3N3O2/c19-18(20,21)12-5-6-15(24-7-1-2-8-24)13(9-12)22-17(25)14-10-16(26-23-14)11-3-4-11/h5-6,9-11H,1-4,7-8H2,(H,22,25).